The summed E-state index contributed by atoms with van der Waals surface area (Å²) < 4.78 is 16.6. The first kappa shape index (κ1) is 19.3. The van der Waals surface area contributed by atoms with Crippen LogP contribution in [0, 0.1) is 0 Å². The number of hydrogen-bond donors (Lipinski definition) is 1. The molecule has 8 heteroatoms. The Morgan fingerprint density at radius 1 is 0.968 bits per heavy atom. The highest BCUT2D eigenvalue weighted by atomic mass is 16.5. The lowest BCUT2D eigenvalue weighted by atomic mass is 9.99. The summed E-state index contributed by atoms with van der Waals surface area (Å²) in [5.74, 6) is 2.37. The summed E-state index contributed by atoms with van der Waals surface area (Å²) in [6, 6.07) is 11.9. The number of fused-ring (bicyclic) bond motifs is 1. The molecule has 0 saturated carbocycles. The molecular weight excluding hydrogens is 394 g/mol. The largest absolute Gasteiger partial charge is 0.497 e. The van der Waals surface area contributed by atoms with Crippen molar-refractivity contribution >= 4 is 16.7 Å². The number of nitrogens with zero attached hydrogens (tertiary/aromatic N) is 4. The van der Waals surface area contributed by atoms with Crippen LogP contribution in [0.2, 0.25) is 0 Å². The van der Waals surface area contributed by atoms with E-state index in [1.807, 2.05) is 30.3 Å². The molecule has 4 aromatic rings. The fourth-order valence-electron chi connectivity index (χ4n) is 3.92. The summed E-state index contributed by atoms with van der Waals surface area (Å²) in [6.07, 6.45) is 3.52. The summed E-state index contributed by atoms with van der Waals surface area (Å²) in [6.45, 7) is 2.94. The van der Waals surface area contributed by atoms with Gasteiger partial charge in [0.1, 0.15) is 28.5 Å². The lowest BCUT2D eigenvalue weighted by Crippen LogP contribution is -2.36. The maximum absolute atomic E-state index is 5.71. The zero-order chi connectivity index (χ0) is 21.2. The average molecular weight is 417 g/mol. The van der Waals surface area contributed by atoms with Crippen LogP contribution in [-0.4, -0.2) is 60.7 Å². The number of ether oxygens (including phenoxy) is 3. The molecule has 1 saturated heterocycles. The number of pyridine rings is 2. The highest BCUT2D eigenvalue weighted by Crippen LogP contribution is 2.40. The number of nitrogens with one attached hydrogen (secondary N) is 1. The van der Waals surface area contributed by atoms with Crippen LogP contribution in [0.3, 0.4) is 0 Å². The number of methoxy groups -OCH3 is 2. The van der Waals surface area contributed by atoms with Gasteiger partial charge in [-0.3, -0.25) is 10.1 Å². The summed E-state index contributed by atoms with van der Waals surface area (Å²) in [5.41, 5.74) is 4.38. The first-order valence-corrected chi connectivity index (χ1v) is 10.1. The number of H-pyrrole nitrogens is 1. The number of benzene rings is 1. The van der Waals surface area contributed by atoms with Crippen LogP contribution < -0.4 is 14.4 Å². The van der Waals surface area contributed by atoms with E-state index >= 15 is 0 Å². The Morgan fingerprint density at radius 2 is 1.84 bits per heavy atom. The van der Waals surface area contributed by atoms with E-state index in [1.54, 1.807) is 26.6 Å². The highest BCUT2D eigenvalue weighted by molar-refractivity contribution is 6.02. The monoisotopic (exact) mass is 417 g/mol. The van der Waals surface area contributed by atoms with E-state index in [9.17, 15) is 0 Å². The topological polar surface area (TPSA) is 85.4 Å². The molecule has 0 radical (unpaired) electrons. The van der Waals surface area contributed by atoms with E-state index in [1.165, 1.54) is 0 Å². The molecule has 1 aliphatic rings. The normalized spacial score (nSPS) is 14.1. The smallest absolute Gasteiger partial charge is 0.130 e. The lowest BCUT2D eigenvalue weighted by Gasteiger charge is -2.28. The first-order chi connectivity index (χ1) is 15.3. The minimum Gasteiger partial charge on any atom is -0.497 e. The molecule has 5 rings (SSSR count). The van der Waals surface area contributed by atoms with Crippen molar-refractivity contribution in [2.24, 2.45) is 0 Å². The Balaban J connectivity index is 1.78. The molecule has 0 amide bonds. The fraction of sp³-hybridized carbons (Fsp3) is 0.261. The van der Waals surface area contributed by atoms with Crippen molar-refractivity contribution < 1.29 is 14.2 Å². The molecular formula is C23H23N5O3. The van der Waals surface area contributed by atoms with Crippen molar-refractivity contribution in [1.29, 1.82) is 0 Å². The van der Waals surface area contributed by atoms with Crippen molar-refractivity contribution in [3.05, 3.63) is 48.8 Å². The molecule has 1 aromatic carbocycles. The Hall–Kier alpha value is -3.65. The third-order valence-electron chi connectivity index (χ3n) is 5.50. The second kappa shape index (κ2) is 8.23. The predicted molar refractivity (Wildman–Crippen MR) is 119 cm³/mol. The first-order valence-electron chi connectivity index (χ1n) is 10.1. The highest BCUT2D eigenvalue weighted by Gasteiger charge is 2.20. The van der Waals surface area contributed by atoms with Gasteiger partial charge in [-0.1, -0.05) is 0 Å². The maximum atomic E-state index is 5.71. The van der Waals surface area contributed by atoms with Crippen molar-refractivity contribution in [2.45, 2.75) is 0 Å². The van der Waals surface area contributed by atoms with Gasteiger partial charge in [0.2, 0.25) is 0 Å². The zero-order valence-corrected chi connectivity index (χ0v) is 17.5. The average Bonchev–Trinajstić information content (AvgIpc) is 3.38. The van der Waals surface area contributed by atoms with Gasteiger partial charge in [-0.15, -0.1) is 0 Å². The Kier molecular flexibility index (Phi) is 5.13. The lowest BCUT2D eigenvalue weighted by molar-refractivity contribution is 0.122. The number of rotatable bonds is 5. The van der Waals surface area contributed by atoms with E-state index in [4.69, 9.17) is 19.2 Å². The predicted octanol–water partition coefficient (Wildman–Crippen LogP) is 3.54. The molecule has 0 atom stereocenters. The molecule has 0 unspecified atom stereocenters. The van der Waals surface area contributed by atoms with Crippen LogP contribution in [0.25, 0.3) is 33.4 Å². The van der Waals surface area contributed by atoms with Gasteiger partial charge < -0.3 is 19.1 Å². The number of anilines is 1. The van der Waals surface area contributed by atoms with Crippen LogP contribution >= 0.6 is 0 Å². The summed E-state index contributed by atoms with van der Waals surface area (Å²) >= 11 is 0. The Morgan fingerprint density at radius 3 is 2.58 bits per heavy atom. The van der Waals surface area contributed by atoms with Crippen LogP contribution in [0.15, 0.2) is 48.8 Å². The van der Waals surface area contributed by atoms with Crippen LogP contribution in [0.4, 0.5) is 5.82 Å². The molecule has 0 aliphatic carbocycles. The van der Waals surface area contributed by atoms with Crippen molar-refractivity contribution in [3.8, 4) is 34.0 Å². The molecule has 0 spiro atoms. The molecule has 8 nitrogen and oxygen atoms in total. The van der Waals surface area contributed by atoms with Crippen molar-refractivity contribution in [2.75, 3.05) is 45.4 Å². The number of hydrogen-bond acceptors (Lipinski definition) is 7. The van der Waals surface area contributed by atoms with Gasteiger partial charge in [-0.05, 0) is 35.9 Å². The van der Waals surface area contributed by atoms with Crippen LogP contribution in [-0.2, 0) is 4.74 Å². The SMILES string of the molecule is COc1ccc(-c2cc(N3CCOCC3)nc3c(-c4ccn[nH]4)nccc23)c(OC)c1. The van der Waals surface area contributed by atoms with Crippen molar-refractivity contribution in [3.63, 3.8) is 0 Å². The van der Waals surface area contributed by atoms with E-state index in [0.717, 1.165) is 63.8 Å². The minimum atomic E-state index is 0.682. The number of morpholine rings is 1. The van der Waals surface area contributed by atoms with Gasteiger partial charge in [-0.2, -0.15) is 5.10 Å². The summed E-state index contributed by atoms with van der Waals surface area (Å²) in [5, 5.41) is 8.09. The van der Waals surface area contributed by atoms with E-state index < -0.39 is 0 Å². The zero-order valence-electron chi connectivity index (χ0n) is 17.5. The fourth-order valence-corrected chi connectivity index (χ4v) is 3.92. The van der Waals surface area contributed by atoms with Crippen molar-refractivity contribution in [1.82, 2.24) is 20.2 Å². The van der Waals surface area contributed by atoms with Gasteiger partial charge in [-0.25, -0.2) is 4.98 Å². The molecule has 1 fully saturated rings. The van der Waals surface area contributed by atoms with Crippen LogP contribution in [0.1, 0.15) is 0 Å². The standard InChI is InChI=1S/C23H23N5O3/c1-29-15-3-4-16(20(13-15)30-2)18-14-21(28-9-11-31-12-10-28)26-22-17(18)5-7-24-23(22)19-6-8-25-27-19/h3-8,13-14H,9-12H2,1-2H3,(H,25,27). The molecule has 4 heterocycles. The number of aromatic amines is 1. The quantitative estimate of drug-likeness (QED) is 0.532. The van der Waals surface area contributed by atoms with Gasteiger partial charge in [0, 0.05) is 42.5 Å². The third kappa shape index (κ3) is 3.55. The third-order valence-corrected chi connectivity index (χ3v) is 5.50. The molecule has 1 N–H and O–H groups in total. The Labute approximate surface area is 179 Å². The van der Waals surface area contributed by atoms with Gasteiger partial charge in [0.05, 0.1) is 33.1 Å². The van der Waals surface area contributed by atoms with Gasteiger partial charge in [0.25, 0.3) is 0 Å². The van der Waals surface area contributed by atoms with Gasteiger partial charge in [0.15, 0.2) is 0 Å². The molecule has 158 valence electrons. The number of aromatic nitrogens is 4. The molecule has 1 aliphatic heterocycles. The van der Waals surface area contributed by atoms with Gasteiger partial charge >= 0.3 is 0 Å². The van der Waals surface area contributed by atoms with E-state index in [2.05, 4.69) is 26.1 Å². The second-order valence-electron chi connectivity index (χ2n) is 7.22. The molecule has 0 bridgehead atoms. The second-order valence-corrected chi connectivity index (χ2v) is 7.22. The Bertz CT molecular complexity index is 1200. The molecule has 3 aromatic heterocycles. The molecule has 31 heavy (non-hydrogen) atoms. The maximum Gasteiger partial charge on any atom is 0.130 e. The van der Waals surface area contributed by atoms with E-state index in [-0.39, 0.29) is 0 Å². The minimum absolute atomic E-state index is 0.682. The van der Waals surface area contributed by atoms with E-state index in [0.29, 0.717) is 13.2 Å². The van der Waals surface area contributed by atoms with Crippen LogP contribution in [0.5, 0.6) is 11.5 Å². The summed E-state index contributed by atoms with van der Waals surface area (Å²) in [7, 11) is 3.32. The summed E-state index contributed by atoms with van der Waals surface area (Å²) in [4.78, 5) is 11.9.